The Morgan fingerprint density at radius 2 is 0.565 bits per heavy atom. The average molecular weight is 799 g/mol. The fraction of sp³-hybridized carbons (Fsp3) is 0.200. The Kier molecular flexibility index (Phi) is 6.76. The van der Waals surface area contributed by atoms with Crippen molar-refractivity contribution in [2.75, 3.05) is 0 Å². The Hall–Kier alpha value is -6.64. The van der Waals surface area contributed by atoms with Gasteiger partial charge in [-0.2, -0.15) is 0 Å². The van der Waals surface area contributed by atoms with E-state index >= 15 is 0 Å². The van der Waals surface area contributed by atoms with Crippen LogP contribution in [-0.4, -0.2) is 8.80 Å². The van der Waals surface area contributed by atoms with Gasteiger partial charge in [-0.3, -0.25) is 0 Å². The van der Waals surface area contributed by atoms with Gasteiger partial charge >= 0.3 is 0 Å². The fourth-order valence-corrected chi connectivity index (χ4v) is 11.3. The van der Waals surface area contributed by atoms with Gasteiger partial charge in [-0.15, -0.1) is 0 Å². The quantitative estimate of drug-likeness (QED) is 0.144. The van der Waals surface area contributed by atoms with Crippen LogP contribution in [0.25, 0.3) is 121 Å². The Bertz CT molecular complexity index is 3900. The minimum Gasteiger partial charge on any atom is -0.308 e. The Morgan fingerprint density at radius 1 is 0.258 bits per heavy atom. The molecule has 4 aromatic heterocycles. The molecule has 0 atom stereocenters. The molecule has 300 valence electrons. The smallest absolute Gasteiger partial charge is 0.0620 e. The van der Waals surface area contributed by atoms with Crippen molar-refractivity contribution >= 4 is 76.2 Å². The summed E-state index contributed by atoms with van der Waals surface area (Å²) in [6.07, 6.45) is 0. The van der Waals surface area contributed by atoms with Crippen LogP contribution in [0.1, 0.15) is 79.0 Å². The van der Waals surface area contributed by atoms with Gasteiger partial charge in [0.2, 0.25) is 0 Å². The molecular formula is C60H50N2. The minimum absolute atomic E-state index is 0.00523. The first-order valence-corrected chi connectivity index (χ1v) is 22.4. The van der Waals surface area contributed by atoms with E-state index in [0.717, 1.165) is 0 Å². The van der Waals surface area contributed by atoms with E-state index in [-0.39, 0.29) is 16.2 Å². The summed E-state index contributed by atoms with van der Waals surface area (Å²) in [5, 5.41) is 10.6. The second-order valence-electron chi connectivity index (χ2n) is 21.4. The first-order chi connectivity index (χ1) is 29.6. The third kappa shape index (κ3) is 4.65. The van der Waals surface area contributed by atoms with Crippen molar-refractivity contribution in [2.24, 2.45) is 0 Å². The van der Waals surface area contributed by atoms with Crippen LogP contribution < -0.4 is 0 Å². The van der Waals surface area contributed by atoms with E-state index < -0.39 is 0 Å². The molecule has 0 N–H and O–H groups in total. The third-order valence-electron chi connectivity index (χ3n) is 14.6. The van der Waals surface area contributed by atoms with Gasteiger partial charge in [0, 0.05) is 43.1 Å². The van der Waals surface area contributed by atoms with Gasteiger partial charge in [-0.25, -0.2) is 0 Å². The lowest BCUT2D eigenvalue weighted by molar-refractivity contribution is 0.590. The summed E-state index contributed by atoms with van der Waals surface area (Å²) in [7, 11) is 0. The second kappa shape index (κ2) is 11.6. The van der Waals surface area contributed by atoms with E-state index in [9.17, 15) is 0 Å². The highest BCUT2D eigenvalue weighted by molar-refractivity contribution is 6.30. The maximum absolute atomic E-state index is 2.62. The highest BCUT2D eigenvalue weighted by atomic mass is 14.9. The van der Waals surface area contributed by atoms with Crippen LogP contribution in [0, 0.1) is 0 Å². The van der Waals surface area contributed by atoms with Crippen LogP contribution in [0.4, 0.5) is 0 Å². The van der Waals surface area contributed by atoms with Crippen LogP contribution in [0.2, 0.25) is 0 Å². The zero-order chi connectivity index (χ0) is 42.4. The summed E-state index contributed by atoms with van der Waals surface area (Å²) in [5.41, 5.74) is 22.1. The lowest BCUT2D eigenvalue weighted by Crippen LogP contribution is -2.11. The molecule has 0 spiro atoms. The summed E-state index contributed by atoms with van der Waals surface area (Å²) in [5.74, 6) is 0. The second-order valence-corrected chi connectivity index (χ2v) is 21.4. The zero-order valence-electron chi connectivity index (χ0n) is 37.2. The molecule has 4 heterocycles. The number of rotatable bonds is 0. The molecule has 1 aliphatic rings. The monoisotopic (exact) mass is 798 g/mol. The third-order valence-corrected chi connectivity index (χ3v) is 14.6. The van der Waals surface area contributed by atoms with Crippen molar-refractivity contribution in [1.29, 1.82) is 0 Å². The van der Waals surface area contributed by atoms with Crippen LogP contribution in [-0.2, 0) is 16.2 Å². The summed E-state index contributed by atoms with van der Waals surface area (Å²) < 4.78 is 5.20. The lowest BCUT2D eigenvalue weighted by atomic mass is 9.80. The molecule has 1 aliphatic carbocycles. The summed E-state index contributed by atoms with van der Waals surface area (Å²) in [6.45, 7) is 21.1. The Morgan fingerprint density at radius 3 is 0.968 bits per heavy atom. The number of hydrogen-bond donors (Lipinski definition) is 0. The van der Waals surface area contributed by atoms with Crippen LogP contribution >= 0.6 is 0 Å². The molecule has 8 aromatic carbocycles. The van der Waals surface area contributed by atoms with Gasteiger partial charge in [0.1, 0.15) is 0 Å². The first kappa shape index (κ1) is 36.1. The van der Waals surface area contributed by atoms with Crippen LogP contribution in [0.3, 0.4) is 0 Å². The average Bonchev–Trinajstić information content (AvgIpc) is 3.96. The SMILES string of the molecule is CC(C)(C)c1ccc2c(c1)c1cc(C(C)(C)C)cc3c4cc5c(cc4n2c13)c1cc(C(C)(C)C)cc2c3cc4c(cc3n5c21)-c1ccccc1-c1ccccc1-c1ccccc1-4. The molecule has 0 saturated heterocycles. The number of nitrogens with zero attached hydrogens (tertiary/aromatic N) is 2. The van der Waals surface area contributed by atoms with Crippen molar-refractivity contribution in [3.05, 3.63) is 156 Å². The topological polar surface area (TPSA) is 8.82 Å². The Labute approximate surface area is 362 Å². The predicted molar refractivity (Wildman–Crippen MR) is 267 cm³/mol. The first-order valence-electron chi connectivity index (χ1n) is 22.4. The van der Waals surface area contributed by atoms with Gasteiger partial charge in [0.15, 0.2) is 0 Å². The largest absolute Gasteiger partial charge is 0.308 e. The van der Waals surface area contributed by atoms with E-state index in [1.807, 2.05) is 0 Å². The van der Waals surface area contributed by atoms with Gasteiger partial charge in [0.05, 0.1) is 33.1 Å². The van der Waals surface area contributed by atoms with Gasteiger partial charge in [-0.1, -0.05) is 141 Å². The van der Waals surface area contributed by atoms with Crippen molar-refractivity contribution in [3.8, 4) is 44.5 Å². The van der Waals surface area contributed by atoms with Crippen molar-refractivity contribution in [2.45, 2.75) is 78.6 Å². The predicted octanol–water partition coefficient (Wildman–Crippen LogP) is 16.9. The Balaban J connectivity index is 1.22. The van der Waals surface area contributed by atoms with E-state index in [0.29, 0.717) is 0 Å². The molecule has 2 heteroatoms. The number of hydrogen-bond acceptors (Lipinski definition) is 0. The molecule has 0 radical (unpaired) electrons. The van der Waals surface area contributed by atoms with Gasteiger partial charge in [-0.05, 0) is 138 Å². The zero-order valence-corrected chi connectivity index (χ0v) is 37.2. The van der Waals surface area contributed by atoms with E-state index in [2.05, 4.69) is 211 Å². The molecule has 0 saturated carbocycles. The maximum Gasteiger partial charge on any atom is 0.0620 e. The van der Waals surface area contributed by atoms with Gasteiger partial charge in [0.25, 0.3) is 0 Å². The fourth-order valence-electron chi connectivity index (χ4n) is 11.3. The molecule has 2 nitrogen and oxygen atoms in total. The van der Waals surface area contributed by atoms with E-state index in [1.54, 1.807) is 0 Å². The van der Waals surface area contributed by atoms with E-state index in [1.165, 1.54) is 137 Å². The summed E-state index contributed by atoms with van der Waals surface area (Å²) >= 11 is 0. The molecule has 13 rings (SSSR count). The van der Waals surface area contributed by atoms with Crippen molar-refractivity contribution < 1.29 is 0 Å². The highest BCUT2D eigenvalue weighted by Crippen LogP contribution is 2.52. The van der Waals surface area contributed by atoms with Crippen molar-refractivity contribution in [1.82, 2.24) is 8.80 Å². The molecular weight excluding hydrogens is 749 g/mol. The molecule has 0 bridgehead atoms. The summed E-state index contributed by atoms with van der Waals surface area (Å²) in [6, 6.07) is 54.4. The molecule has 0 amide bonds. The van der Waals surface area contributed by atoms with Crippen molar-refractivity contribution in [3.63, 3.8) is 0 Å². The molecule has 0 aliphatic heterocycles. The lowest BCUT2D eigenvalue weighted by Gasteiger charge is -2.23. The van der Waals surface area contributed by atoms with E-state index in [4.69, 9.17) is 0 Å². The maximum atomic E-state index is 2.62. The molecule has 12 aromatic rings. The molecule has 0 fully saturated rings. The number of fused-ring (bicyclic) bond motifs is 20. The van der Waals surface area contributed by atoms with Crippen LogP contribution in [0.5, 0.6) is 0 Å². The molecule has 62 heavy (non-hydrogen) atoms. The highest BCUT2D eigenvalue weighted by Gasteiger charge is 2.29. The van der Waals surface area contributed by atoms with Gasteiger partial charge < -0.3 is 8.80 Å². The number of aromatic nitrogens is 2. The standard InChI is InChI=1S/C60H50N2/c1-58(2,3)33-22-23-52-44(24-33)48-25-34(59(4,5)6)27-50-46-32-55-47(31-54(46)61(52)56(48)50)51-28-35(60(7,8)9)26-49-45-29-42-40-20-14-12-18-38(40)36-16-10-11-17-37(36)39-19-13-15-21-41(39)43(42)30-53(45)62(55)57(49)51/h10-32H,1-9H3. The van der Waals surface area contributed by atoms with Crippen LogP contribution in [0.15, 0.2) is 140 Å². The molecule has 0 unspecified atom stereocenters. The summed E-state index contributed by atoms with van der Waals surface area (Å²) in [4.78, 5) is 0. The minimum atomic E-state index is -0.0371. The normalized spacial score (nSPS) is 13.6. The number of benzene rings is 8.